The van der Waals surface area contributed by atoms with Crippen LogP contribution in [-0.4, -0.2) is 305 Å². The second-order valence-corrected chi connectivity index (χ2v) is 31.5. The Morgan fingerprint density at radius 2 is 0.678 bits per heavy atom. The largest absolute Gasteiger partial charge is 0.481 e. The Kier molecular flexibility index (Phi) is 79.3. The van der Waals surface area contributed by atoms with Crippen molar-refractivity contribution in [3.63, 3.8) is 0 Å². The van der Waals surface area contributed by atoms with Crippen LogP contribution < -0.4 is 52.0 Å². The molecule has 0 radical (unpaired) electrons. The number of carboxylic acids is 1. The fraction of sp³-hybridized carbons (Fsp3) is 0.490. The van der Waals surface area contributed by atoms with Gasteiger partial charge < -0.3 is 123 Å². The third kappa shape index (κ3) is 69.6. The third-order valence-electron chi connectivity index (χ3n) is 18.4. The number of rotatable bonds is 47. The van der Waals surface area contributed by atoms with Gasteiger partial charge in [0.05, 0.1) is 127 Å². The van der Waals surface area contributed by atoms with Crippen LogP contribution in [0.25, 0.3) is 32.8 Å². The molecule has 9 rings (SSSR count). The first-order valence-corrected chi connectivity index (χ1v) is 46.6. The number of hydrogen-bond acceptors (Lipinski definition) is 33. The zero-order valence-corrected chi connectivity index (χ0v) is 89.3. The summed E-state index contributed by atoms with van der Waals surface area (Å²) in [6.07, 6.45) is 11.1. The molecule has 42 heteroatoms. The van der Waals surface area contributed by atoms with E-state index in [2.05, 4.69) is 91.4 Å². The van der Waals surface area contributed by atoms with Gasteiger partial charge in [-0.3, -0.25) is 58.1 Å². The van der Waals surface area contributed by atoms with Crippen LogP contribution in [0.4, 0.5) is 23.0 Å². The normalized spacial score (nSPS) is 10.3. The molecule has 0 bridgehead atoms. The zero-order chi connectivity index (χ0) is 110. The minimum atomic E-state index is -0.927. The van der Waals surface area contributed by atoms with E-state index in [0.717, 1.165) is 128 Å². The average Bonchev–Trinajstić information content (AvgIpc) is 0.774. The molecule has 9 N–H and O–H groups in total. The molecule has 1 unspecified atom stereocenters. The van der Waals surface area contributed by atoms with Crippen molar-refractivity contribution in [2.45, 2.75) is 140 Å². The molecule has 0 saturated heterocycles. The number of esters is 2. The van der Waals surface area contributed by atoms with E-state index >= 15 is 0 Å². The first kappa shape index (κ1) is 135. The molecule has 0 aliphatic rings. The molecule has 0 saturated carbocycles. The Morgan fingerprint density at radius 3 is 0.966 bits per heavy atom. The lowest BCUT2D eigenvalue weighted by atomic mass is 9.93. The van der Waals surface area contributed by atoms with Crippen molar-refractivity contribution in [1.82, 2.24) is 51.2 Å². The summed E-state index contributed by atoms with van der Waals surface area (Å²) in [5.74, 6) is -0.328. The van der Waals surface area contributed by atoms with Crippen LogP contribution in [-0.2, 0) is 129 Å². The summed E-state index contributed by atoms with van der Waals surface area (Å²) < 4.78 is 77.6. The molecule has 0 aliphatic carbocycles. The number of aromatic nitrogens is 6. The molecule has 0 fully saturated rings. The number of benzene rings is 3. The Morgan fingerprint density at radius 1 is 0.349 bits per heavy atom. The highest BCUT2D eigenvalue weighted by Gasteiger charge is 2.33. The predicted molar refractivity (Wildman–Crippen MR) is 559 cm³/mol. The van der Waals surface area contributed by atoms with Gasteiger partial charge in [0.1, 0.15) is 30.3 Å². The number of aliphatic carboxylic acids is 1. The average molecular weight is 2050 g/mol. The summed E-state index contributed by atoms with van der Waals surface area (Å²) in [4.78, 5) is 145. The van der Waals surface area contributed by atoms with Crippen molar-refractivity contribution in [2.75, 3.05) is 220 Å². The fourth-order valence-corrected chi connectivity index (χ4v) is 11.3. The maximum absolute atomic E-state index is 12.1. The minimum absolute atomic E-state index is 0.0156. The molecule has 146 heavy (non-hydrogen) atoms. The van der Waals surface area contributed by atoms with Crippen LogP contribution in [0.15, 0.2) is 146 Å². The molecule has 3 aromatic carbocycles. The van der Waals surface area contributed by atoms with Gasteiger partial charge in [-0.05, 0) is 136 Å². The predicted octanol–water partition coefficient (Wildman–Crippen LogP) is 12.4. The first-order chi connectivity index (χ1) is 69.9. The number of pyridine rings is 6. The van der Waals surface area contributed by atoms with Gasteiger partial charge >= 0.3 is 17.9 Å². The number of fused-ring (bicyclic) bond motifs is 4. The summed E-state index contributed by atoms with van der Waals surface area (Å²) in [5, 5.41) is 32.6. The number of nitrogens with zero attached hydrogens (tertiary/aromatic N) is 6. The third-order valence-corrected chi connectivity index (χ3v) is 18.4. The maximum Gasteiger partial charge on any atom is 0.339 e. The first-order valence-electron chi connectivity index (χ1n) is 46.6. The molecule has 42 nitrogen and oxygen atoms in total. The SMILES string of the molecule is CC(=O)NCCCCCCNC(C)=O.CC(=O)NCCCCCNC(C)=O.CC(=O)Nc1ccc(Cc2ccc(NC(C)=O)cc2)cc1.CC(=O)Nc1cccc(NC(C)=O)n1.COCC(C)(COC)C(=O)O.COCC(C)OC.COCCOC.COCCOC.COCCOC(=O)c1cnc2c(ccc3cc(C(=O)OCCOC)cnc32)c1.COCc1cccc(COC)n1.COc1ccc2ccc(OC)nc2n1. The highest BCUT2D eigenvalue weighted by Crippen LogP contribution is 2.26. The van der Waals surface area contributed by atoms with Gasteiger partial charge in [0.15, 0.2) is 5.65 Å². The van der Waals surface area contributed by atoms with Crippen LogP contribution in [0.1, 0.15) is 157 Å². The number of amides is 8. The quantitative estimate of drug-likeness (QED) is 0.00971. The van der Waals surface area contributed by atoms with Crippen LogP contribution in [0.3, 0.4) is 0 Å². The Balaban J connectivity index is 0. The summed E-state index contributed by atoms with van der Waals surface area (Å²) >= 11 is 0. The zero-order valence-electron chi connectivity index (χ0n) is 89.3. The van der Waals surface area contributed by atoms with Crippen LogP contribution >= 0.6 is 0 Å². The highest BCUT2D eigenvalue weighted by molar-refractivity contribution is 6.06. The van der Waals surface area contributed by atoms with Gasteiger partial charge in [-0.2, -0.15) is 9.97 Å². The lowest BCUT2D eigenvalue weighted by molar-refractivity contribution is -0.154. The summed E-state index contributed by atoms with van der Waals surface area (Å²) in [6.45, 7) is 24.3. The molecule has 8 amide bonds. The minimum Gasteiger partial charge on any atom is -0.481 e. The van der Waals surface area contributed by atoms with Gasteiger partial charge in [-0.1, -0.05) is 61.4 Å². The summed E-state index contributed by atoms with van der Waals surface area (Å²) in [5.41, 5.74) is 7.46. The van der Waals surface area contributed by atoms with Crippen LogP contribution in [0.2, 0.25) is 0 Å². The fourth-order valence-electron chi connectivity index (χ4n) is 11.3. The van der Waals surface area contributed by atoms with Gasteiger partial charge in [-0.15, -0.1) is 0 Å². The summed E-state index contributed by atoms with van der Waals surface area (Å²) in [6, 6.07) is 40.8. The molecule has 0 spiro atoms. The second-order valence-electron chi connectivity index (χ2n) is 31.5. The van der Waals surface area contributed by atoms with Crippen molar-refractivity contribution < 1.29 is 134 Å². The van der Waals surface area contributed by atoms with E-state index in [4.69, 9.17) is 61.9 Å². The van der Waals surface area contributed by atoms with E-state index in [-0.39, 0.29) is 79.8 Å². The topological polar surface area (TPSA) is 529 Å². The smallest absolute Gasteiger partial charge is 0.339 e. The van der Waals surface area contributed by atoms with E-state index in [1.165, 1.54) is 96.2 Å². The van der Waals surface area contributed by atoms with Crippen molar-refractivity contribution in [3.05, 3.63) is 179 Å². The van der Waals surface area contributed by atoms with Gasteiger partial charge in [0.2, 0.25) is 59.0 Å². The molecule has 9 aromatic rings. The number of nitrogens with one attached hydrogen (secondary N) is 8. The number of carboxylic acid groups (broad SMARTS) is 1. The second kappa shape index (κ2) is 86.0. The number of unbranched alkanes of at least 4 members (excludes halogenated alkanes) is 5. The van der Waals surface area contributed by atoms with E-state index < -0.39 is 23.3 Å². The molecule has 1 atom stereocenters. The number of ether oxygens (including phenoxy) is 16. The molecule has 810 valence electrons. The molecule has 6 heterocycles. The summed E-state index contributed by atoms with van der Waals surface area (Å²) in [7, 11) is 22.4. The van der Waals surface area contributed by atoms with Gasteiger partial charge in [0, 0.05) is 219 Å². The molecule has 6 aromatic heterocycles. The van der Waals surface area contributed by atoms with Crippen molar-refractivity contribution in [1.29, 1.82) is 0 Å². The Bertz CT molecular complexity index is 4850. The van der Waals surface area contributed by atoms with Gasteiger partial charge in [-0.25, -0.2) is 14.6 Å². The lowest BCUT2D eigenvalue weighted by Crippen LogP contribution is -2.36. The van der Waals surface area contributed by atoms with Crippen molar-refractivity contribution >= 4 is 121 Å². The van der Waals surface area contributed by atoms with Crippen molar-refractivity contribution in [2.24, 2.45) is 5.41 Å². The van der Waals surface area contributed by atoms with E-state index in [0.29, 0.717) is 111 Å². The van der Waals surface area contributed by atoms with Crippen LogP contribution in [0, 0.1) is 5.41 Å². The Hall–Kier alpha value is -13.4. The highest BCUT2D eigenvalue weighted by atomic mass is 16.6. The number of carbonyl (C=O) groups is 11. The Labute approximate surface area is 858 Å². The maximum atomic E-state index is 12.1. The lowest BCUT2D eigenvalue weighted by Gasteiger charge is -2.22. The van der Waals surface area contributed by atoms with Crippen molar-refractivity contribution in [3.8, 4) is 11.8 Å². The molecule has 0 aliphatic heterocycles. The van der Waals surface area contributed by atoms with Crippen LogP contribution in [0.5, 0.6) is 11.8 Å². The molecular formula is C104H156N14O28. The van der Waals surface area contributed by atoms with E-state index in [1.54, 1.807) is 120 Å². The number of carbonyl (C=O) groups excluding carboxylic acids is 10. The standard InChI is InChI=1S/C20H20N2O6.C17H18N2O2.C10H10N2O2.C10H20N2O2.C9H11N3O2.C9H18N2O2.C9H13NO2.C7H14O4.C5H12O2.2C4H10O2/c1-25-5-7-27-19(23)15-9-13-3-4-14-10-16(20(24)28-8-6-26-2)12-22-18(14)17(13)21-11-15;1-12(20)18-16-7-3-14(4-8-16)11-15-5-9-17(10-6-15)19-13(2)21;1-13-8-5-3-7-4-6-9(14-2)12-10(7)11-8;1-9(13)11-7-5-3-4-6-8-12-10(2)14;1-6(13)10-8-4-3-5-9(12-8)11-7(2)14;1-8(12)10-6-4-3-5-7-11-9(2)13;1-11-6-8-4-3-5-9(10-8)7-12-2;1-7(4-10-2,5-11-3)6(8)9;1-5(7-3)4-6-2;2*1-5-3-4-6-2/h3-4,9-12H,5-8H2,1-2H3;3-10H,11H2,1-2H3,(H,18,20)(H,19,21);3-6H,1-2H3;3-8H2,1-2H3,(H,11,13)(H,12,14);3-5H,1-2H3,(H2,10,11,12,13,14);3-7H2,1-2H3,(H,10,12)(H,11,13);3-5H,6-7H2,1-2H3;4-5H2,1-3H3,(H,8,9);5H,4H2,1-3H3;2*3-4H2,1-2H3. The van der Waals surface area contributed by atoms with E-state index in [9.17, 15) is 52.7 Å². The van der Waals surface area contributed by atoms with Gasteiger partial charge in [0.25, 0.3) is 0 Å². The van der Waals surface area contributed by atoms with E-state index in [1.807, 2.05) is 97.9 Å². The monoisotopic (exact) mass is 2050 g/mol. The number of hydrogen-bond donors (Lipinski definition) is 9. The number of anilines is 4. The number of methoxy groups -OCH3 is 14. The molecular weight excluding hydrogens is 1890 g/mol.